The van der Waals surface area contributed by atoms with E-state index in [0.717, 1.165) is 12.8 Å². The third-order valence-corrected chi connectivity index (χ3v) is 12.8. The summed E-state index contributed by atoms with van der Waals surface area (Å²) < 4.78 is 35.7. The molecule has 0 amide bonds. The van der Waals surface area contributed by atoms with E-state index in [1.807, 2.05) is 0 Å². The molecule has 1 fully saturated rings. The van der Waals surface area contributed by atoms with E-state index in [1.165, 1.54) is 21.3 Å². The lowest BCUT2D eigenvalue weighted by Crippen LogP contribution is -2.52. The number of rotatable bonds is 7. The van der Waals surface area contributed by atoms with Crippen LogP contribution in [0.15, 0.2) is 0 Å². The van der Waals surface area contributed by atoms with Gasteiger partial charge in [0.05, 0.1) is 13.5 Å². The van der Waals surface area contributed by atoms with E-state index in [2.05, 4.69) is 33.9 Å². The molecule has 0 radical (unpaired) electrons. The first-order chi connectivity index (χ1) is 10.9. The Labute approximate surface area is 147 Å². The molecule has 1 aliphatic rings. The summed E-state index contributed by atoms with van der Waals surface area (Å²) in [6.45, 7) is 10.6. The summed E-state index contributed by atoms with van der Waals surface area (Å²) in [7, 11) is -1.69. The van der Waals surface area contributed by atoms with Crippen LogP contribution in [0.2, 0.25) is 18.1 Å². The van der Waals surface area contributed by atoms with Crippen LogP contribution in [-0.2, 0) is 27.6 Å². The molecule has 1 rings (SSSR count). The van der Waals surface area contributed by atoms with E-state index < -0.39 is 21.3 Å². The van der Waals surface area contributed by atoms with Gasteiger partial charge in [-0.05, 0) is 37.4 Å². The van der Waals surface area contributed by atoms with Crippen LogP contribution in [0, 0.1) is 5.92 Å². The van der Waals surface area contributed by atoms with Gasteiger partial charge in [0.15, 0.2) is 13.7 Å². The van der Waals surface area contributed by atoms with E-state index in [-0.39, 0.29) is 23.3 Å². The van der Waals surface area contributed by atoms with E-state index in [9.17, 15) is 9.36 Å². The second-order valence-electron chi connectivity index (χ2n) is 7.94. The van der Waals surface area contributed by atoms with Gasteiger partial charge in [-0.25, -0.2) is 0 Å². The van der Waals surface area contributed by atoms with Gasteiger partial charge >= 0.3 is 13.6 Å². The molecule has 1 saturated carbocycles. The molecule has 24 heavy (non-hydrogen) atoms. The molecule has 8 heteroatoms. The normalized spacial score (nSPS) is 25.8. The largest absolute Gasteiger partial charge is 0.469 e. The summed E-state index contributed by atoms with van der Waals surface area (Å²) in [6.07, 6.45) is 2.26. The molecule has 142 valence electrons. The number of hydrogen-bond donors (Lipinski definition) is 0. The third-order valence-electron chi connectivity index (χ3n) is 5.55. The van der Waals surface area contributed by atoms with Gasteiger partial charge in [0.2, 0.25) is 0 Å². The second kappa shape index (κ2) is 7.58. The van der Waals surface area contributed by atoms with Crippen molar-refractivity contribution in [1.82, 2.24) is 0 Å². The average molecular weight is 380 g/mol. The molecule has 2 unspecified atom stereocenters. The average Bonchev–Trinajstić information content (AvgIpc) is 2.88. The number of methoxy groups -OCH3 is 1. The zero-order valence-electron chi connectivity index (χ0n) is 16.3. The standard InChI is InChI=1S/C16H33O6PSi/c1-15(2,3)24(7,8)22-16(23(18,20-5)21-6)11-9-10-13(16)12-14(17)19-4/h13H,9-12H2,1-8H3. The molecule has 6 nitrogen and oxygen atoms in total. The van der Waals surface area contributed by atoms with Crippen LogP contribution in [-0.4, -0.2) is 41.0 Å². The van der Waals surface area contributed by atoms with Crippen molar-refractivity contribution < 1.29 is 27.6 Å². The monoisotopic (exact) mass is 380 g/mol. The lowest BCUT2D eigenvalue weighted by atomic mass is 10.0. The number of ether oxygens (including phenoxy) is 1. The minimum Gasteiger partial charge on any atom is -0.469 e. The number of carbonyl (C=O) groups is 1. The van der Waals surface area contributed by atoms with E-state index in [1.54, 1.807) is 0 Å². The van der Waals surface area contributed by atoms with Gasteiger partial charge in [0, 0.05) is 20.1 Å². The Balaban J connectivity index is 3.37. The highest BCUT2D eigenvalue weighted by atomic mass is 31.2. The Morgan fingerprint density at radius 2 is 1.75 bits per heavy atom. The van der Waals surface area contributed by atoms with Crippen molar-refractivity contribution in [1.29, 1.82) is 0 Å². The number of esters is 1. The smallest absolute Gasteiger partial charge is 0.360 e. The molecule has 1 aliphatic carbocycles. The van der Waals surface area contributed by atoms with Crippen LogP contribution in [0.3, 0.4) is 0 Å². The first kappa shape index (κ1) is 21.8. The molecule has 0 aromatic heterocycles. The fraction of sp³-hybridized carbons (Fsp3) is 0.938. The number of hydrogen-bond acceptors (Lipinski definition) is 6. The molecule has 0 aromatic carbocycles. The van der Waals surface area contributed by atoms with Crippen molar-refractivity contribution in [2.45, 2.75) is 69.9 Å². The quantitative estimate of drug-likeness (QED) is 0.366. The van der Waals surface area contributed by atoms with E-state index >= 15 is 0 Å². The molecule has 0 aromatic rings. The van der Waals surface area contributed by atoms with Gasteiger partial charge in [-0.2, -0.15) is 0 Å². The van der Waals surface area contributed by atoms with E-state index in [4.69, 9.17) is 18.2 Å². The summed E-state index contributed by atoms with van der Waals surface area (Å²) >= 11 is 0. The predicted molar refractivity (Wildman–Crippen MR) is 96.6 cm³/mol. The summed E-state index contributed by atoms with van der Waals surface area (Å²) in [4.78, 5) is 11.9. The molecule has 2 atom stereocenters. The SMILES string of the molecule is COC(=O)CC1CCCC1(O[Si](C)(C)C(C)(C)C)P(=O)(OC)OC. The lowest BCUT2D eigenvalue weighted by Gasteiger charge is -2.47. The maximum Gasteiger partial charge on any atom is 0.360 e. The molecule has 0 bridgehead atoms. The van der Waals surface area contributed by atoms with Crippen molar-refractivity contribution >= 4 is 21.9 Å². The highest BCUT2D eigenvalue weighted by Gasteiger charge is 2.62. The Morgan fingerprint density at radius 3 is 2.17 bits per heavy atom. The van der Waals surface area contributed by atoms with Crippen molar-refractivity contribution in [3.8, 4) is 0 Å². The Kier molecular flexibility index (Phi) is 6.90. The number of carbonyl (C=O) groups excluding carboxylic acids is 1. The van der Waals surface area contributed by atoms with Crippen molar-refractivity contribution in [3.05, 3.63) is 0 Å². The molecule has 0 saturated heterocycles. The molecule has 0 spiro atoms. The van der Waals surface area contributed by atoms with Crippen LogP contribution in [0.1, 0.15) is 46.5 Å². The van der Waals surface area contributed by atoms with E-state index in [0.29, 0.717) is 6.42 Å². The van der Waals surface area contributed by atoms with Gasteiger partial charge in [-0.1, -0.05) is 20.8 Å². The van der Waals surface area contributed by atoms with Gasteiger partial charge in [0.1, 0.15) is 0 Å². The first-order valence-electron chi connectivity index (χ1n) is 8.37. The summed E-state index contributed by atoms with van der Waals surface area (Å²) in [5.41, 5.74) is 0. The molecular weight excluding hydrogens is 347 g/mol. The fourth-order valence-electron chi connectivity index (χ4n) is 3.11. The van der Waals surface area contributed by atoms with Crippen molar-refractivity contribution in [2.24, 2.45) is 5.92 Å². The van der Waals surface area contributed by atoms with Crippen LogP contribution in [0.4, 0.5) is 0 Å². The zero-order valence-corrected chi connectivity index (χ0v) is 18.2. The Hall–Kier alpha value is -0.203. The summed E-state index contributed by atoms with van der Waals surface area (Å²) in [5.74, 6) is -0.575. The highest BCUT2D eigenvalue weighted by molar-refractivity contribution is 7.55. The Morgan fingerprint density at radius 1 is 1.21 bits per heavy atom. The van der Waals surface area contributed by atoms with Crippen molar-refractivity contribution in [2.75, 3.05) is 21.3 Å². The summed E-state index contributed by atoms with van der Waals surface area (Å²) in [5, 5.41) is -1.15. The topological polar surface area (TPSA) is 71.1 Å². The van der Waals surface area contributed by atoms with Crippen LogP contribution >= 0.6 is 7.60 Å². The molecule has 0 heterocycles. The van der Waals surface area contributed by atoms with Crippen LogP contribution in [0.25, 0.3) is 0 Å². The van der Waals surface area contributed by atoms with Gasteiger partial charge in [0.25, 0.3) is 0 Å². The highest BCUT2D eigenvalue weighted by Crippen LogP contribution is 2.69. The lowest BCUT2D eigenvalue weighted by molar-refractivity contribution is -0.142. The third kappa shape index (κ3) is 3.96. The maximum atomic E-state index is 13.5. The fourth-order valence-corrected chi connectivity index (χ4v) is 7.56. The van der Waals surface area contributed by atoms with Crippen LogP contribution in [0.5, 0.6) is 0 Å². The Bertz CT molecular complexity index is 493. The first-order valence-corrected chi connectivity index (χ1v) is 12.8. The predicted octanol–water partition coefficient (Wildman–Crippen LogP) is 4.55. The molecular formula is C16H33O6PSi. The van der Waals surface area contributed by atoms with Crippen LogP contribution < -0.4 is 0 Å². The zero-order chi connectivity index (χ0) is 18.8. The maximum absolute atomic E-state index is 13.5. The molecule has 0 N–H and O–H groups in total. The minimum atomic E-state index is -3.54. The second-order valence-corrected chi connectivity index (χ2v) is 15.1. The summed E-state index contributed by atoms with van der Waals surface area (Å²) in [6, 6.07) is 0. The molecule has 0 aliphatic heterocycles. The van der Waals surface area contributed by atoms with Gasteiger partial charge in [-0.3, -0.25) is 9.36 Å². The van der Waals surface area contributed by atoms with Crippen molar-refractivity contribution in [3.63, 3.8) is 0 Å². The van der Waals surface area contributed by atoms with Gasteiger partial charge < -0.3 is 18.2 Å². The van der Waals surface area contributed by atoms with Gasteiger partial charge in [-0.15, -0.1) is 0 Å². The minimum absolute atomic E-state index is 0.0648.